The Labute approximate surface area is 111 Å². The van der Waals surface area contributed by atoms with E-state index in [0.29, 0.717) is 0 Å². The van der Waals surface area contributed by atoms with Crippen LogP contribution in [0, 0.1) is 21.3 Å². The summed E-state index contributed by atoms with van der Waals surface area (Å²) in [5.41, 5.74) is 5.06. The van der Waals surface area contributed by atoms with Gasteiger partial charge in [-0.1, -0.05) is 0 Å². The predicted molar refractivity (Wildman–Crippen MR) is 66.2 cm³/mol. The highest BCUT2D eigenvalue weighted by Gasteiger charge is 2.15. The minimum atomic E-state index is -0.931. The smallest absolute Gasteiger partial charge is 0.272 e. The monoisotopic (exact) mass is 277 g/mol. The van der Waals surface area contributed by atoms with Gasteiger partial charge < -0.3 is 10.5 Å². The molecular weight excluding hydrogens is 269 g/mol. The fraction of sp³-hybridized carbons (Fsp3) is 0. The Morgan fingerprint density at radius 3 is 2.80 bits per heavy atom. The molecule has 20 heavy (non-hydrogen) atoms. The van der Waals surface area contributed by atoms with Crippen LogP contribution in [0.2, 0.25) is 0 Å². The zero-order chi connectivity index (χ0) is 14.7. The number of aromatic nitrogens is 2. The third-order valence-corrected chi connectivity index (χ3v) is 2.31. The van der Waals surface area contributed by atoms with E-state index in [9.17, 15) is 14.5 Å². The van der Waals surface area contributed by atoms with Crippen LogP contribution in [0.3, 0.4) is 0 Å². The molecule has 0 aliphatic rings. The summed E-state index contributed by atoms with van der Waals surface area (Å²) < 4.78 is 18.8. The van der Waals surface area contributed by atoms with Gasteiger partial charge in [-0.15, -0.1) is 5.10 Å². The Bertz CT molecular complexity index is 692. The lowest BCUT2D eigenvalue weighted by atomic mass is 10.2. The van der Waals surface area contributed by atoms with Crippen molar-refractivity contribution in [3.8, 4) is 11.6 Å². The summed E-state index contributed by atoms with van der Waals surface area (Å²) in [5, 5.41) is 25.0. The Hall–Kier alpha value is -3.10. The molecule has 1 heterocycles. The zero-order valence-corrected chi connectivity index (χ0v) is 9.91. The van der Waals surface area contributed by atoms with E-state index in [1.807, 2.05) is 0 Å². The van der Waals surface area contributed by atoms with Gasteiger partial charge in [-0.3, -0.25) is 15.5 Å². The van der Waals surface area contributed by atoms with E-state index in [1.165, 1.54) is 12.3 Å². The van der Waals surface area contributed by atoms with Crippen LogP contribution < -0.4 is 10.5 Å². The number of nitrogens with one attached hydrogen (secondary N) is 1. The number of ether oxygens (including phenoxy) is 1. The van der Waals surface area contributed by atoms with Crippen molar-refractivity contribution in [2.45, 2.75) is 0 Å². The van der Waals surface area contributed by atoms with Crippen molar-refractivity contribution in [2.75, 3.05) is 0 Å². The Morgan fingerprint density at radius 1 is 1.45 bits per heavy atom. The molecule has 1 aromatic carbocycles. The van der Waals surface area contributed by atoms with Crippen molar-refractivity contribution in [1.82, 2.24) is 10.2 Å². The van der Waals surface area contributed by atoms with E-state index in [2.05, 4.69) is 10.2 Å². The molecule has 1 aromatic heterocycles. The number of nitro groups is 1. The highest BCUT2D eigenvalue weighted by atomic mass is 19.1. The zero-order valence-electron chi connectivity index (χ0n) is 9.91. The molecule has 9 heteroatoms. The SMILES string of the molecule is N=C(N)c1ccnnc1Oc1ccc([N+](=O)[O-])cc1F. The third-order valence-electron chi connectivity index (χ3n) is 2.31. The van der Waals surface area contributed by atoms with Crippen molar-refractivity contribution in [3.05, 3.63) is 52.0 Å². The molecule has 0 bridgehead atoms. The molecule has 0 fully saturated rings. The number of nitrogens with zero attached hydrogens (tertiary/aromatic N) is 3. The third kappa shape index (κ3) is 2.66. The average Bonchev–Trinajstić information content (AvgIpc) is 2.41. The molecule has 0 atom stereocenters. The van der Waals surface area contributed by atoms with Gasteiger partial charge in [0.1, 0.15) is 5.84 Å². The summed E-state index contributed by atoms with van der Waals surface area (Å²) in [5.74, 6) is -1.69. The molecule has 102 valence electrons. The van der Waals surface area contributed by atoms with Crippen molar-refractivity contribution in [3.63, 3.8) is 0 Å². The van der Waals surface area contributed by atoms with Gasteiger partial charge in [0.05, 0.1) is 22.7 Å². The molecule has 0 spiro atoms. The molecule has 2 rings (SSSR count). The Kier molecular flexibility index (Phi) is 3.51. The highest BCUT2D eigenvalue weighted by Crippen LogP contribution is 2.27. The summed E-state index contributed by atoms with van der Waals surface area (Å²) in [7, 11) is 0. The molecule has 0 aliphatic carbocycles. The van der Waals surface area contributed by atoms with Crippen LogP contribution in [0.25, 0.3) is 0 Å². The fourth-order valence-electron chi connectivity index (χ4n) is 1.39. The number of halogens is 1. The number of hydrogen-bond acceptors (Lipinski definition) is 6. The van der Waals surface area contributed by atoms with E-state index >= 15 is 0 Å². The standard InChI is InChI=1S/C11H8FN5O3/c12-8-5-6(17(18)19)1-2-9(8)20-11-7(10(13)14)3-4-15-16-11/h1-5H,(H3,13,14). The maximum Gasteiger partial charge on any atom is 0.272 e. The summed E-state index contributed by atoms with van der Waals surface area (Å²) in [4.78, 5) is 9.77. The van der Waals surface area contributed by atoms with Crippen LogP contribution in [0.5, 0.6) is 11.6 Å². The number of benzene rings is 1. The number of non-ortho nitro benzene ring substituents is 1. The van der Waals surface area contributed by atoms with Gasteiger partial charge in [-0.2, -0.15) is 5.10 Å². The second-order valence-electron chi connectivity index (χ2n) is 3.64. The summed E-state index contributed by atoms with van der Waals surface area (Å²) in [6.45, 7) is 0. The lowest BCUT2D eigenvalue weighted by molar-refractivity contribution is -0.385. The van der Waals surface area contributed by atoms with Crippen LogP contribution in [0.4, 0.5) is 10.1 Å². The van der Waals surface area contributed by atoms with Gasteiger partial charge in [0.15, 0.2) is 11.6 Å². The van der Waals surface area contributed by atoms with Crippen LogP contribution in [0.1, 0.15) is 5.56 Å². The van der Waals surface area contributed by atoms with Gasteiger partial charge in [-0.05, 0) is 12.1 Å². The van der Waals surface area contributed by atoms with Crippen molar-refractivity contribution in [2.24, 2.45) is 5.73 Å². The molecule has 8 nitrogen and oxygen atoms in total. The predicted octanol–water partition coefficient (Wildman–Crippen LogP) is 1.60. The van der Waals surface area contributed by atoms with E-state index < -0.39 is 16.4 Å². The Balaban J connectivity index is 2.36. The first-order chi connectivity index (χ1) is 9.49. The topological polar surface area (TPSA) is 128 Å². The van der Waals surface area contributed by atoms with E-state index in [1.54, 1.807) is 0 Å². The fourth-order valence-corrected chi connectivity index (χ4v) is 1.39. The lowest BCUT2D eigenvalue weighted by Crippen LogP contribution is -2.13. The van der Waals surface area contributed by atoms with Crippen LogP contribution in [-0.4, -0.2) is 21.0 Å². The molecule has 0 unspecified atom stereocenters. The number of rotatable bonds is 4. The summed E-state index contributed by atoms with van der Waals surface area (Å²) >= 11 is 0. The van der Waals surface area contributed by atoms with Gasteiger partial charge >= 0.3 is 0 Å². The first kappa shape index (κ1) is 13.3. The number of hydrogen-bond donors (Lipinski definition) is 2. The molecule has 0 saturated heterocycles. The van der Waals surface area contributed by atoms with Gasteiger partial charge in [0, 0.05) is 6.07 Å². The Morgan fingerprint density at radius 2 is 2.20 bits per heavy atom. The van der Waals surface area contributed by atoms with Crippen LogP contribution in [0.15, 0.2) is 30.5 Å². The van der Waals surface area contributed by atoms with Crippen molar-refractivity contribution >= 4 is 11.5 Å². The van der Waals surface area contributed by atoms with E-state index in [0.717, 1.165) is 18.2 Å². The van der Waals surface area contributed by atoms with E-state index in [4.69, 9.17) is 15.9 Å². The minimum Gasteiger partial charge on any atom is -0.434 e. The van der Waals surface area contributed by atoms with E-state index in [-0.39, 0.29) is 23.0 Å². The van der Waals surface area contributed by atoms with Crippen molar-refractivity contribution in [1.29, 1.82) is 5.41 Å². The summed E-state index contributed by atoms with van der Waals surface area (Å²) in [6, 6.07) is 4.28. The first-order valence-corrected chi connectivity index (χ1v) is 5.27. The van der Waals surface area contributed by atoms with Gasteiger partial charge in [-0.25, -0.2) is 4.39 Å². The molecule has 0 saturated carbocycles. The number of nitrogen functional groups attached to an aromatic ring is 1. The van der Waals surface area contributed by atoms with Crippen LogP contribution >= 0.6 is 0 Å². The summed E-state index contributed by atoms with van der Waals surface area (Å²) in [6.07, 6.45) is 1.30. The lowest BCUT2D eigenvalue weighted by Gasteiger charge is -2.08. The number of amidine groups is 1. The molecule has 0 radical (unpaired) electrons. The van der Waals surface area contributed by atoms with Gasteiger partial charge in [0.2, 0.25) is 5.88 Å². The number of nitrogens with two attached hydrogens (primary N) is 1. The molecule has 2 aromatic rings. The highest BCUT2D eigenvalue weighted by molar-refractivity contribution is 5.96. The largest absolute Gasteiger partial charge is 0.434 e. The maximum absolute atomic E-state index is 13.7. The van der Waals surface area contributed by atoms with Gasteiger partial charge in [0.25, 0.3) is 5.69 Å². The van der Waals surface area contributed by atoms with Crippen molar-refractivity contribution < 1.29 is 14.1 Å². The average molecular weight is 277 g/mol. The normalized spacial score (nSPS) is 10.1. The maximum atomic E-state index is 13.7. The molecule has 0 amide bonds. The molecule has 3 N–H and O–H groups in total. The second-order valence-corrected chi connectivity index (χ2v) is 3.64. The molecule has 0 aliphatic heterocycles. The second kappa shape index (κ2) is 5.26. The minimum absolute atomic E-state index is 0.137. The number of nitro benzene ring substituents is 1. The first-order valence-electron chi connectivity index (χ1n) is 5.27. The van der Waals surface area contributed by atoms with Crippen LogP contribution in [-0.2, 0) is 0 Å². The quantitative estimate of drug-likeness (QED) is 0.378. The molecular formula is C11H8FN5O3.